The number of benzene rings is 1. The fraction of sp³-hybridized carbons (Fsp3) is 0.471. The van der Waals surface area contributed by atoms with Gasteiger partial charge in [-0.25, -0.2) is 9.97 Å². The molecule has 0 saturated heterocycles. The molecule has 1 aromatic heterocycles. The summed E-state index contributed by atoms with van der Waals surface area (Å²) in [6, 6.07) is 7.99. The van der Waals surface area contributed by atoms with Gasteiger partial charge in [0.15, 0.2) is 0 Å². The number of hydrogen-bond acceptors (Lipinski definition) is 4. The second-order valence-electron chi connectivity index (χ2n) is 5.73. The van der Waals surface area contributed by atoms with E-state index in [4.69, 9.17) is 5.11 Å². The largest absolute Gasteiger partial charge is 0.481 e. The molecule has 0 aliphatic rings. The van der Waals surface area contributed by atoms with Crippen LogP contribution in [0.5, 0.6) is 0 Å². The normalized spacial score (nSPS) is 11.0. The quantitative estimate of drug-likeness (QED) is 0.725. The lowest BCUT2D eigenvalue weighted by molar-refractivity contribution is -0.137. The summed E-state index contributed by atoms with van der Waals surface area (Å²) in [5, 5.41) is 13.0. The second kappa shape index (κ2) is 7.73. The highest BCUT2D eigenvalue weighted by molar-refractivity contribution is 5.89. The Morgan fingerprint density at radius 2 is 1.95 bits per heavy atom. The summed E-state index contributed by atoms with van der Waals surface area (Å²) < 4.78 is 0. The molecular formula is C17H23N3O2. The number of hydrogen-bond donors (Lipinski definition) is 2. The monoisotopic (exact) mass is 301 g/mol. The highest BCUT2D eigenvalue weighted by Crippen LogP contribution is 2.22. The van der Waals surface area contributed by atoms with Crippen molar-refractivity contribution < 1.29 is 9.90 Å². The first-order chi connectivity index (χ1) is 10.6. The Kier molecular flexibility index (Phi) is 5.69. The third-order valence-corrected chi connectivity index (χ3v) is 3.50. The maximum atomic E-state index is 10.5. The molecule has 2 rings (SSSR count). The van der Waals surface area contributed by atoms with Crippen LogP contribution in [0.2, 0.25) is 0 Å². The van der Waals surface area contributed by atoms with Crippen molar-refractivity contribution in [2.45, 2.75) is 45.4 Å². The molecule has 22 heavy (non-hydrogen) atoms. The van der Waals surface area contributed by atoms with Crippen molar-refractivity contribution in [2.75, 3.05) is 11.9 Å². The number of nitrogens with one attached hydrogen (secondary N) is 1. The van der Waals surface area contributed by atoms with E-state index in [0.29, 0.717) is 0 Å². The number of aliphatic carboxylic acids is 1. The molecule has 2 N–H and O–H groups in total. The van der Waals surface area contributed by atoms with Crippen molar-refractivity contribution in [2.24, 2.45) is 0 Å². The van der Waals surface area contributed by atoms with Crippen LogP contribution in [0.4, 0.5) is 5.82 Å². The van der Waals surface area contributed by atoms with Crippen LogP contribution in [0.3, 0.4) is 0 Å². The van der Waals surface area contributed by atoms with Crippen LogP contribution < -0.4 is 5.32 Å². The molecule has 0 amide bonds. The van der Waals surface area contributed by atoms with Gasteiger partial charge in [0.2, 0.25) is 0 Å². The SMILES string of the molecule is CC(C)c1nc(NCCCCCC(=O)O)c2ccccc2n1. The van der Waals surface area contributed by atoms with Crippen LogP contribution in [0.15, 0.2) is 24.3 Å². The van der Waals surface area contributed by atoms with Crippen LogP contribution in [-0.2, 0) is 4.79 Å². The number of para-hydroxylation sites is 1. The van der Waals surface area contributed by atoms with Gasteiger partial charge < -0.3 is 10.4 Å². The minimum Gasteiger partial charge on any atom is -0.481 e. The van der Waals surface area contributed by atoms with Gasteiger partial charge in [0.05, 0.1) is 5.52 Å². The average Bonchev–Trinajstić information content (AvgIpc) is 2.50. The summed E-state index contributed by atoms with van der Waals surface area (Å²) in [5.41, 5.74) is 0.953. The summed E-state index contributed by atoms with van der Waals surface area (Å²) in [7, 11) is 0. The molecule has 1 heterocycles. The standard InChI is InChI=1S/C17H23N3O2/c1-12(2)16-19-14-9-6-5-8-13(14)17(20-16)18-11-7-3-4-10-15(21)22/h5-6,8-9,12H,3-4,7,10-11H2,1-2H3,(H,21,22)(H,18,19,20). The van der Waals surface area contributed by atoms with Gasteiger partial charge in [-0.3, -0.25) is 4.79 Å². The molecule has 0 fully saturated rings. The van der Waals surface area contributed by atoms with Crippen LogP contribution in [0.25, 0.3) is 10.9 Å². The fourth-order valence-electron chi connectivity index (χ4n) is 2.27. The predicted molar refractivity (Wildman–Crippen MR) is 88.2 cm³/mol. The number of carbonyl (C=O) groups is 1. The number of nitrogens with zero attached hydrogens (tertiary/aromatic N) is 2. The Balaban J connectivity index is 2.01. The van der Waals surface area contributed by atoms with E-state index in [1.807, 2.05) is 24.3 Å². The summed E-state index contributed by atoms with van der Waals surface area (Å²) in [6.45, 7) is 4.96. The second-order valence-corrected chi connectivity index (χ2v) is 5.73. The maximum Gasteiger partial charge on any atom is 0.303 e. The number of fused-ring (bicyclic) bond motifs is 1. The molecule has 0 atom stereocenters. The summed E-state index contributed by atoms with van der Waals surface area (Å²) in [4.78, 5) is 19.7. The number of carboxylic acid groups (broad SMARTS) is 1. The van der Waals surface area contributed by atoms with Crippen LogP contribution in [-0.4, -0.2) is 27.6 Å². The summed E-state index contributed by atoms with van der Waals surface area (Å²) in [6.07, 6.45) is 2.80. The molecule has 0 bridgehead atoms. The molecule has 0 spiro atoms. The molecule has 2 aromatic rings. The van der Waals surface area contributed by atoms with Gasteiger partial charge in [-0.05, 0) is 25.0 Å². The molecule has 0 aliphatic heterocycles. The minimum atomic E-state index is -0.726. The number of rotatable bonds is 8. The van der Waals surface area contributed by atoms with Crippen LogP contribution >= 0.6 is 0 Å². The fourth-order valence-corrected chi connectivity index (χ4v) is 2.27. The molecule has 0 unspecified atom stereocenters. The van der Waals surface area contributed by atoms with Gasteiger partial charge in [0, 0.05) is 24.3 Å². The number of aromatic nitrogens is 2. The van der Waals surface area contributed by atoms with E-state index in [9.17, 15) is 4.79 Å². The van der Waals surface area contributed by atoms with Crippen molar-refractivity contribution in [1.82, 2.24) is 9.97 Å². The highest BCUT2D eigenvalue weighted by Gasteiger charge is 2.09. The zero-order chi connectivity index (χ0) is 15.9. The third-order valence-electron chi connectivity index (χ3n) is 3.50. The molecule has 0 radical (unpaired) electrons. The zero-order valence-electron chi connectivity index (χ0n) is 13.2. The molecule has 118 valence electrons. The van der Waals surface area contributed by atoms with Crippen molar-refractivity contribution in [1.29, 1.82) is 0 Å². The van der Waals surface area contributed by atoms with Gasteiger partial charge in [-0.2, -0.15) is 0 Å². The molecule has 0 aliphatic carbocycles. The predicted octanol–water partition coefficient (Wildman–Crippen LogP) is 3.81. The van der Waals surface area contributed by atoms with E-state index in [1.54, 1.807) is 0 Å². The van der Waals surface area contributed by atoms with Crippen molar-refractivity contribution in [3.63, 3.8) is 0 Å². The molecular weight excluding hydrogens is 278 g/mol. The molecule has 1 aromatic carbocycles. The average molecular weight is 301 g/mol. The van der Waals surface area contributed by atoms with Gasteiger partial charge in [0.1, 0.15) is 11.6 Å². The number of carboxylic acids is 1. The summed E-state index contributed by atoms with van der Waals surface area (Å²) in [5.74, 6) is 1.26. The molecule has 0 saturated carbocycles. The Labute approximate surface area is 130 Å². The van der Waals surface area contributed by atoms with Crippen molar-refractivity contribution in [3.8, 4) is 0 Å². The first-order valence-corrected chi connectivity index (χ1v) is 7.80. The van der Waals surface area contributed by atoms with Gasteiger partial charge >= 0.3 is 5.97 Å². The van der Waals surface area contributed by atoms with Crippen LogP contribution in [0, 0.1) is 0 Å². The van der Waals surface area contributed by atoms with E-state index in [2.05, 4.69) is 29.1 Å². The van der Waals surface area contributed by atoms with Gasteiger partial charge in [-0.1, -0.05) is 32.4 Å². The van der Waals surface area contributed by atoms with Gasteiger partial charge in [0.25, 0.3) is 0 Å². The first-order valence-electron chi connectivity index (χ1n) is 7.80. The maximum absolute atomic E-state index is 10.5. The van der Waals surface area contributed by atoms with Crippen molar-refractivity contribution in [3.05, 3.63) is 30.1 Å². The zero-order valence-corrected chi connectivity index (χ0v) is 13.2. The summed E-state index contributed by atoms with van der Waals surface area (Å²) >= 11 is 0. The Bertz CT molecular complexity index is 641. The van der Waals surface area contributed by atoms with Gasteiger partial charge in [-0.15, -0.1) is 0 Å². The van der Waals surface area contributed by atoms with Crippen molar-refractivity contribution >= 4 is 22.7 Å². The topological polar surface area (TPSA) is 75.1 Å². The van der Waals surface area contributed by atoms with E-state index >= 15 is 0 Å². The lowest BCUT2D eigenvalue weighted by Crippen LogP contribution is -2.08. The Morgan fingerprint density at radius 3 is 2.68 bits per heavy atom. The number of unbranched alkanes of at least 4 members (excludes halogenated alkanes) is 2. The smallest absolute Gasteiger partial charge is 0.303 e. The van der Waals surface area contributed by atoms with E-state index < -0.39 is 5.97 Å². The first kappa shape index (κ1) is 16.2. The van der Waals surface area contributed by atoms with E-state index in [1.165, 1.54) is 0 Å². The van der Waals surface area contributed by atoms with Crippen LogP contribution in [0.1, 0.15) is 51.3 Å². The lowest BCUT2D eigenvalue weighted by atomic mass is 10.1. The Hall–Kier alpha value is -2.17. The lowest BCUT2D eigenvalue weighted by Gasteiger charge is -2.12. The molecule has 5 nitrogen and oxygen atoms in total. The highest BCUT2D eigenvalue weighted by atomic mass is 16.4. The molecule has 5 heteroatoms. The van der Waals surface area contributed by atoms with E-state index in [-0.39, 0.29) is 12.3 Å². The Morgan fingerprint density at radius 1 is 1.18 bits per heavy atom. The third kappa shape index (κ3) is 4.41. The minimum absolute atomic E-state index is 0.244. The number of anilines is 1. The van der Waals surface area contributed by atoms with E-state index in [0.717, 1.165) is 48.4 Å².